The SMILES string of the molecule is O=C1OCCC1c1nc2ccccc2c(=O)o1. The summed E-state index contributed by atoms with van der Waals surface area (Å²) in [4.78, 5) is 27.3. The van der Waals surface area contributed by atoms with Gasteiger partial charge in [0.05, 0.1) is 17.5 Å². The number of carbonyl (C=O) groups is 1. The molecule has 5 nitrogen and oxygen atoms in total. The molecule has 1 unspecified atom stereocenters. The second-order valence-corrected chi connectivity index (χ2v) is 3.87. The van der Waals surface area contributed by atoms with E-state index in [0.717, 1.165) is 0 Å². The molecule has 1 saturated heterocycles. The highest BCUT2D eigenvalue weighted by Crippen LogP contribution is 2.25. The van der Waals surface area contributed by atoms with Crippen molar-refractivity contribution in [3.63, 3.8) is 0 Å². The number of ether oxygens (including phenoxy) is 1. The molecule has 1 aliphatic rings. The molecule has 0 saturated carbocycles. The number of fused-ring (bicyclic) bond motifs is 1. The Labute approximate surface area is 96.0 Å². The van der Waals surface area contributed by atoms with Crippen LogP contribution >= 0.6 is 0 Å². The van der Waals surface area contributed by atoms with E-state index in [1.165, 1.54) is 0 Å². The summed E-state index contributed by atoms with van der Waals surface area (Å²) < 4.78 is 9.91. The number of rotatable bonds is 1. The summed E-state index contributed by atoms with van der Waals surface area (Å²) in [5.41, 5.74) is 0.0729. The van der Waals surface area contributed by atoms with Gasteiger partial charge >= 0.3 is 11.6 Å². The van der Waals surface area contributed by atoms with E-state index in [1.807, 2.05) is 0 Å². The number of para-hydroxylation sites is 1. The zero-order chi connectivity index (χ0) is 11.8. The molecule has 17 heavy (non-hydrogen) atoms. The fourth-order valence-corrected chi connectivity index (χ4v) is 1.90. The van der Waals surface area contributed by atoms with Crippen LogP contribution in [0.4, 0.5) is 0 Å². The molecule has 3 rings (SSSR count). The third kappa shape index (κ3) is 1.60. The first-order valence-electron chi connectivity index (χ1n) is 5.32. The first-order chi connectivity index (χ1) is 8.25. The normalized spacial score (nSPS) is 19.5. The van der Waals surface area contributed by atoms with Gasteiger partial charge in [0.1, 0.15) is 5.92 Å². The van der Waals surface area contributed by atoms with Gasteiger partial charge in [-0.2, -0.15) is 0 Å². The highest BCUT2D eigenvalue weighted by molar-refractivity contribution is 5.80. The lowest BCUT2D eigenvalue weighted by atomic mass is 10.1. The van der Waals surface area contributed by atoms with E-state index in [2.05, 4.69) is 4.98 Å². The molecule has 0 radical (unpaired) electrons. The third-order valence-electron chi connectivity index (χ3n) is 2.79. The van der Waals surface area contributed by atoms with Crippen LogP contribution in [0.25, 0.3) is 10.9 Å². The zero-order valence-corrected chi connectivity index (χ0v) is 8.88. The second-order valence-electron chi connectivity index (χ2n) is 3.87. The molecule has 1 aromatic heterocycles. The summed E-state index contributed by atoms with van der Waals surface area (Å²) in [5.74, 6) is -0.778. The van der Waals surface area contributed by atoms with Gasteiger partial charge in [-0.15, -0.1) is 0 Å². The Kier molecular flexibility index (Phi) is 2.18. The molecule has 1 atom stereocenters. The second kappa shape index (κ2) is 3.69. The van der Waals surface area contributed by atoms with Crippen molar-refractivity contribution in [1.82, 2.24) is 4.98 Å². The third-order valence-corrected chi connectivity index (χ3v) is 2.79. The predicted molar refractivity (Wildman–Crippen MR) is 58.6 cm³/mol. The average molecular weight is 231 g/mol. The number of carbonyl (C=O) groups excluding carboxylic acids is 1. The fraction of sp³-hybridized carbons (Fsp3) is 0.250. The lowest BCUT2D eigenvalue weighted by Gasteiger charge is -2.03. The molecular weight excluding hydrogens is 222 g/mol. The van der Waals surface area contributed by atoms with Gasteiger partial charge in [-0.1, -0.05) is 12.1 Å². The van der Waals surface area contributed by atoms with E-state index in [-0.39, 0.29) is 11.9 Å². The maximum absolute atomic E-state index is 11.7. The number of hydrogen-bond donors (Lipinski definition) is 0. The van der Waals surface area contributed by atoms with Crippen molar-refractivity contribution in [3.8, 4) is 0 Å². The van der Waals surface area contributed by atoms with E-state index in [0.29, 0.717) is 23.9 Å². The lowest BCUT2D eigenvalue weighted by molar-refractivity contribution is -0.139. The summed E-state index contributed by atoms with van der Waals surface area (Å²) in [6, 6.07) is 6.89. The van der Waals surface area contributed by atoms with Crippen LogP contribution in [0.15, 0.2) is 33.5 Å². The molecule has 5 heteroatoms. The number of esters is 1. The molecule has 2 heterocycles. The smallest absolute Gasteiger partial charge is 0.346 e. The van der Waals surface area contributed by atoms with E-state index in [4.69, 9.17) is 9.15 Å². The van der Waals surface area contributed by atoms with Gasteiger partial charge < -0.3 is 9.15 Å². The number of nitrogens with zero attached hydrogens (tertiary/aromatic N) is 1. The van der Waals surface area contributed by atoms with Crippen molar-refractivity contribution in [1.29, 1.82) is 0 Å². The van der Waals surface area contributed by atoms with Gasteiger partial charge in [0.2, 0.25) is 5.89 Å². The van der Waals surface area contributed by atoms with Gasteiger partial charge in [0.15, 0.2) is 0 Å². The highest BCUT2D eigenvalue weighted by Gasteiger charge is 2.32. The Morgan fingerprint density at radius 2 is 2.06 bits per heavy atom. The maximum Gasteiger partial charge on any atom is 0.346 e. The molecule has 1 aliphatic heterocycles. The van der Waals surface area contributed by atoms with Crippen LogP contribution in [0.3, 0.4) is 0 Å². The predicted octanol–water partition coefficient (Wildman–Crippen LogP) is 1.22. The molecule has 0 bridgehead atoms. The van der Waals surface area contributed by atoms with Crippen LogP contribution in [0, 0.1) is 0 Å². The van der Waals surface area contributed by atoms with Crippen LogP contribution in [-0.2, 0) is 9.53 Å². The zero-order valence-electron chi connectivity index (χ0n) is 8.88. The molecule has 0 spiro atoms. The van der Waals surface area contributed by atoms with Gasteiger partial charge in [0.25, 0.3) is 0 Å². The number of cyclic esters (lactones) is 1. The van der Waals surface area contributed by atoms with Gasteiger partial charge in [0, 0.05) is 6.42 Å². The summed E-state index contributed by atoms with van der Waals surface area (Å²) >= 11 is 0. The Morgan fingerprint density at radius 1 is 1.24 bits per heavy atom. The monoisotopic (exact) mass is 231 g/mol. The van der Waals surface area contributed by atoms with Crippen molar-refractivity contribution in [2.24, 2.45) is 0 Å². The number of hydrogen-bond acceptors (Lipinski definition) is 5. The standard InChI is InChI=1S/C12H9NO4/c14-11-8(5-6-16-11)10-13-9-4-2-1-3-7(9)12(15)17-10/h1-4,8H,5-6H2. The summed E-state index contributed by atoms with van der Waals surface area (Å²) in [6.45, 7) is 0.349. The van der Waals surface area contributed by atoms with Crippen molar-refractivity contribution in [2.45, 2.75) is 12.3 Å². The highest BCUT2D eigenvalue weighted by atomic mass is 16.5. The van der Waals surface area contributed by atoms with Gasteiger partial charge in [-0.05, 0) is 12.1 Å². The minimum absolute atomic E-state index is 0.149. The van der Waals surface area contributed by atoms with Crippen LogP contribution in [0.1, 0.15) is 18.2 Å². The van der Waals surface area contributed by atoms with Crippen molar-refractivity contribution >= 4 is 16.9 Å². The van der Waals surface area contributed by atoms with Crippen LogP contribution in [-0.4, -0.2) is 17.6 Å². The topological polar surface area (TPSA) is 69.4 Å². The Balaban J connectivity index is 2.18. The van der Waals surface area contributed by atoms with E-state index >= 15 is 0 Å². The molecule has 2 aromatic rings. The van der Waals surface area contributed by atoms with Crippen molar-refractivity contribution in [2.75, 3.05) is 6.61 Å². The first-order valence-corrected chi connectivity index (χ1v) is 5.32. The van der Waals surface area contributed by atoms with Gasteiger partial charge in [-0.25, -0.2) is 9.78 Å². The van der Waals surface area contributed by atoms with Crippen LogP contribution in [0.2, 0.25) is 0 Å². The molecule has 0 N–H and O–H groups in total. The largest absolute Gasteiger partial charge is 0.465 e. The molecule has 1 aromatic carbocycles. The maximum atomic E-state index is 11.7. The minimum atomic E-state index is -0.549. The Bertz CT molecular complexity index is 646. The van der Waals surface area contributed by atoms with E-state index < -0.39 is 11.5 Å². The van der Waals surface area contributed by atoms with Crippen LogP contribution in [0.5, 0.6) is 0 Å². The Hall–Kier alpha value is -2.17. The summed E-state index contributed by atoms with van der Waals surface area (Å²) in [6.07, 6.45) is 0.507. The lowest BCUT2D eigenvalue weighted by Crippen LogP contribution is -2.12. The molecular formula is C12H9NO4. The molecule has 86 valence electrons. The number of benzene rings is 1. The van der Waals surface area contributed by atoms with Crippen LogP contribution < -0.4 is 5.63 Å². The molecule has 0 aliphatic carbocycles. The minimum Gasteiger partial charge on any atom is -0.465 e. The summed E-state index contributed by atoms with van der Waals surface area (Å²) in [5, 5.41) is 0.419. The molecule has 1 fully saturated rings. The van der Waals surface area contributed by atoms with Crippen molar-refractivity contribution < 1.29 is 13.9 Å². The van der Waals surface area contributed by atoms with E-state index in [1.54, 1.807) is 24.3 Å². The van der Waals surface area contributed by atoms with Gasteiger partial charge in [-0.3, -0.25) is 4.79 Å². The average Bonchev–Trinajstić information content (AvgIpc) is 2.75. The number of aromatic nitrogens is 1. The molecule has 0 amide bonds. The first kappa shape index (κ1) is 10.0. The quantitative estimate of drug-likeness (QED) is 0.690. The fourth-order valence-electron chi connectivity index (χ4n) is 1.90. The Morgan fingerprint density at radius 3 is 2.82 bits per heavy atom. The van der Waals surface area contributed by atoms with Crippen molar-refractivity contribution in [3.05, 3.63) is 40.6 Å². The summed E-state index contributed by atoms with van der Waals surface area (Å²) in [7, 11) is 0. The van der Waals surface area contributed by atoms with E-state index in [9.17, 15) is 9.59 Å².